The minimum absolute atomic E-state index is 0.0683. The van der Waals surface area contributed by atoms with Crippen LogP contribution in [0, 0.1) is 0 Å². The first-order valence-electron chi connectivity index (χ1n) is 5.70. The third kappa shape index (κ3) is 4.21. The third-order valence-corrected chi connectivity index (χ3v) is 2.56. The first kappa shape index (κ1) is 14.2. The van der Waals surface area contributed by atoms with E-state index >= 15 is 0 Å². The standard InChI is InChI=1S/C10H17N3O5/c14-5-2-7(9(16)17)12-10(18)13-4-1-3-11-8(15)6-13/h7,14H,1-6H2,(H,11,15)(H,12,18)(H,16,17). The van der Waals surface area contributed by atoms with Gasteiger partial charge in [-0.05, 0) is 6.42 Å². The molecule has 0 spiro atoms. The van der Waals surface area contributed by atoms with E-state index in [0.29, 0.717) is 19.5 Å². The van der Waals surface area contributed by atoms with Crippen LogP contribution in [0.25, 0.3) is 0 Å². The zero-order valence-corrected chi connectivity index (χ0v) is 9.89. The van der Waals surface area contributed by atoms with Crippen molar-refractivity contribution in [2.75, 3.05) is 26.2 Å². The molecule has 3 amide bonds. The molecule has 1 fully saturated rings. The Bertz CT molecular complexity index is 333. The number of carboxylic acid groups (broad SMARTS) is 1. The lowest BCUT2D eigenvalue weighted by atomic mass is 10.2. The molecule has 0 saturated carbocycles. The first-order chi connectivity index (χ1) is 8.54. The zero-order valence-electron chi connectivity index (χ0n) is 9.89. The molecule has 1 unspecified atom stereocenters. The Morgan fingerprint density at radius 2 is 2.22 bits per heavy atom. The number of urea groups is 1. The number of nitrogens with one attached hydrogen (secondary N) is 2. The van der Waals surface area contributed by atoms with Gasteiger partial charge in [0.15, 0.2) is 0 Å². The number of carboxylic acids is 1. The van der Waals surface area contributed by atoms with E-state index in [4.69, 9.17) is 10.2 Å². The fourth-order valence-corrected chi connectivity index (χ4v) is 1.61. The Balaban J connectivity index is 2.56. The maximum atomic E-state index is 11.8. The third-order valence-electron chi connectivity index (χ3n) is 2.56. The summed E-state index contributed by atoms with van der Waals surface area (Å²) in [6.45, 7) is 0.465. The Hall–Kier alpha value is -1.83. The van der Waals surface area contributed by atoms with Gasteiger partial charge < -0.3 is 25.7 Å². The topological polar surface area (TPSA) is 119 Å². The molecule has 0 radical (unpaired) electrons. The van der Waals surface area contributed by atoms with Gasteiger partial charge in [0.25, 0.3) is 0 Å². The molecule has 1 aliphatic rings. The number of rotatable bonds is 4. The number of aliphatic hydroxyl groups is 1. The summed E-state index contributed by atoms with van der Waals surface area (Å²) in [5.41, 5.74) is 0. The monoisotopic (exact) mass is 259 g/mol. The van der Waals surface area contributed by atoms with Crippen LogP contribution >= 0.6 is 0 Å². The average molecular weight is 259 g/mol. The smallest absolute Gasteiger partial charge is 0.326 e. The lowest BCUT2D eigenvalue weighted by Gasteiger charge is -2.22. The molecular weight excluding hydrogens is 242 g/mol. The lowest BCUT2D eigenvalue weighted by Crippen LogP contribution is -2.49. The Morgan fingerprint density at radius 1 is 1.50 bits per heavy atom. The molecule has 1 atom stereocenters. The molecule has 0 aliphatic carbocycles. The van der Waals surface area contributed by atoms with Crippen LogP contribution in [0.4, 0.5) is 4.79 Å². The van der Waals surface area contributed by atoms with Crippen LogP contribution in [0.3, 0.4) is 0 Å². The predicted octanol–water partition coefficient (Wildman–Crippen LogP) is -1.65. The Kier molecular flexibility index (Phi) is 5.37. The summed E-state index contributed by atoms with van der Waals surface area (Å²) in [6.07, 6.45) is 0.554. The summed E-state index contributed by atoms with van der Waals surface area (Å²) >= 11 is 0. The van der Waals surface area contributed by atoms with Crippen LogP contribution in [0.15, 0.2) is 0 Å². The highest BCUT2D eigenvalue weighted by molar-refractivity contribution is 5.86. The van der Waals surface area contributed by atoms with Crippen molar-refractivity contribution in [2.24, 2.45) is 0 Å². The van der Waals surface area contributed by atoms with Crippen molar-refractivity contribution in [1.29, 1.82) is 0 Å². The van der Waals surface area contributed by atoms with E-state index in [2.05, 4.69) is 10.6 Å². The molecule has 1 rings (SSSR count). The molecule has 1 aliphatic heterocycles. The molecule has 8 heteroatoms. The van der Waals surface area contributed by atoms with Gasteiger partial charge in [-0.25, -0.2) is 9.59 Å². The minimum atomic E-state index is -1.21. The Morgan fingerprint density at radius 3 is 2.83 bits per heavy atom. The highest BCUT2D eigenvalue weighted by atomic mass is 16.4. The van der Waals surface area contributed by atoms with E-state index in [1.807, 2.05) is 0 Å². The van der Waals surface area contributed by atoms with Gasteiger partial charge in [0.2, 0.25) is 5.91 Å². The van der Waals surface area contributed by atoms with Gasteiger partial charge in [-0.15, -0.1) is 0 Å². The first-order valence-corrected chi connectivity index (χ1v) is 5.70. The van der Waals surface area contributed by atoms with E-state index in [0.717, 1.165) is 0 Å². The van der Waals surface area contributed by atoms with Crippen LogP contribution < -0.4 is 10.6 Å². The van der Waals surface area contributed by atoms with Crippen LogP contribution in [-0.4, -0.2) is 65.3 Å². The van der Waals surface area contributed by atoms with E-state index in [1.165, 1.54) is 4.90 Å². The normalized spacial score (nSPS) is 17.6. The highest BCUT2D eigenvalue weighted by Gasteiger charge is 2.24. The molecular formula is C10H17N3O5. The summed E-state index contributed by atoms with van der Waals surface area (Å²) in [6, 6.07) is -1.75. The van der Waals surface area contributed by atoms with E-state index in [9.17, 15) is 14.4 Å². The molecule has 4 N–H and O–H groups in total. The predicted molar refractivity (Wildman–Crippen MR) is 60.9 cm³/mol. The molecule has 0 bridgehead atoms. The van der Waals surface area contributed by atoms with Gasteiger partial charge in [0.05, 0.1) is 0 Å². The van der Waals surface area contributed by atoms with Crippen molar-refractivity contribution in [1.82, 2.24) is 15.5 Å². The SMILES string of the molecule is O=C1CN(C(=O)NC(CCO)C(=O)O)CCCN1. The van der Waals surface area contributed by atoms with Crippen LogP contribution in [-0.2, 0) is 9.59 Å². The number of carbonyl (C=O) groups excluding carboxylic acids is 2. The zero-order chi connectivity index (χ0) is 13.5. The Labute approximate surface area is 104 Å². The van der Waals surface area contributed by atoms with Gasteiger partial charge in [0, 0.05) is 26.1 Å². The number of aliphatic hydroxyl groups excluding tert-OH is 1. The van der Waals surface area contributed by atoms with Crippen molar-refractivity contribution in [3.05, 3.63) is 0 Å². The second kappa shape index (κ2) is 6.80. The quantitative estimate of drug-likeness (QED) is 0.482. The molecule has 8 nitrogen and oxygen atoms in total. The average Bonchev–Trinajstić information content (AvgIpc) is 2.53. The van der Waals surface area contributed by atoms with E-state index in [1.54, 1.807) is 0 Å². The van der Waals surface area contributed by atoms with Crippen molar-refractivity contribution in [3.8, 4) is 0 Å². The van der Waals surface area contributed by atoms with Gasteiger partial charge in [-0.3, -0.25) is 4.79 Å². The lowest BCUT2D eigenvalue weighted by molar-refractivity contribution is -0.139. The second-order valence-electron chi connectivity index (χ2n) is 3.98. The highest BCUT2D eigenvalue weighted by Crippen LogP contribution is 1.99. The molecule has 0 aromatic heterocycles. The number of aliphatic carboxylic acids is 1. The molecule has 18 heavy (non-hydrogen) atoms. The van der Waals surface area contributed by atoms with E-state index < -0.39 is 18.0 Å². The van der Waals surface area contributed by atoms with Crippen molar-refractivity contribution in [2.45, 2.75) is 18.9 Å². The number of hydrogen-bond donors (Lipinski definition) is 4. The molecule has 1 saturated heterocycles. The van der Waals surface area contributed by atoms with Crippen LogP contribution in [0.1, 0.15) is 12.8 Å². The van der Waals surface area contributed by atoms with Crippen molar-refractivity contribution >= 4 is 17.9 Å². The summed E-state index contributed by atoms with van der Waals surface area (Å²) in [7, 11) is 0. The summed E-state index contributed by atoms with van der Waals surface area (Å²) in [5, 5.41) is 22.4. The summed E-state index contributed by atoms with van der Waals surface area (Å²) < 4.78 is 0. The van der Waals surface area contributed by atoms with Crippen molar-refractivity contribution < 1.29 is 24.6 Å². The van der Waals surface area contributed by atoms with Gasteiger partial charge in [-0.1, -0.05) is 0 Å². The largest absolute Gasteiger partial charge is 0.480 e. The number of nitrogens with zero attached hydrogens (tertiary/aromatic N) is 1. The summed E-state index contributed by atoms with van der Waals surface area (Å²) in [5.74, 6) is -1.48. The molecule has 1 heterocycles. The number of carbonyl (C=O) groups is 3. The fraction of sp³-hybridized carbons (Fsp3) is 0.700. The number of hydrogen-bond acceptors (Lipinski definition) is 4. The van der Waals surface area contributed by atoms with Gasteiger partial charge in [-0.2, -0.15) is 0 Å². The molecule has 102 valence electrons. The fourth-order valence-electron chi connectivity index (χ4n) is 1.61. The number of amides is 3. The molecule has 0 aromatic rings. The van der Waals surface area contributed by atoms with Gasteiger partial charge >= 0.3 is 12.0 Å². The van der Waals surface area contributed by atoms with Crippen molar-refractivity contribution in [3.63, 3.8) is 0 Å². The van der Waals surface area contributed by atoms with E-state index in [-0.39, 0.29) is 25.5 Å². The minimum Gasteiger partial charge on any atom is -0.480 e. The molecule has 0 aromatic carbocycles. The van der Waals surface area contributed by atoms with Crippen LogP contribution in [0.5, 0.6) is 0 Å². The maximum Gasteiger partial charge on any atom is 0.326 e. The maximum absolute atomic E-state index is 11.8. The summed E-state index contributed by atoms with van der Waals surface area (Å²) in [4.78, 5) is 35.1. The second-order valence-corrected chi connectivity index (χ2v) is 3.98. The van der Waals surface area contributed by atoms with Gasteiger partial charge in [0.1, 0.15) is 12.6 Å². The van der Waals surface area contributed by atoms with Crippen LogP contribution in [0.2, 0.25) is 0 Å².